The molecule has 2 N–H and O–H groups in total. The highest BCUT2D eigenvalue weighted by atomic mass is 16.1. The Hall–Kier alpha value is -0.930. The summed E-state index contributed by atoms with van der Waals surface area (Å²) in [5.41, 5.74) is 0. The first kappa shape index (κ1) is 22.5. The first-order valence-corrected chi connectivity index (χ1v) is 2.91. The van der Waals surface area contributed by atoms with Gasteiger partial charge in [-0.25, -0.2) is 0 Å². The fraction of sp³-hybridized carbons (Fsp3) is 0.667. The molecular formula is C6H14B2N2O2. The van der Waals surface area contributed by atoms with Crippen molar-refractivity contribution in [3.63, 3.8) is 0 Å². The minimum atomic E-state index is 0. The average molecular weight is 168 g/mol. The van der Waals surface area contributed by atoms with E-state index in [1.165, 1.54) is 13.8 Å². The van der Waals surface area contributed by atoms with Gasteiger partial charge in [0.1, 0.15) is 0 Å². The Labute approximate surface area is 77.6 Å². The normalized spacial score (nSPS) is 5.67. The fourth-order valence-corrected chi connectivity index (χ4v) is 0. The highest BCUT2D eigenvalue weighted by molar-refractivity contribution is 5.76. The number of carbonyl (C=O) groups excluding carboxylic acids is 2. The van der Waals surface area contributed by atoms with Crippen molar-refractivity contribution in [2.75, 3.05) is 14.1 Å². The summed E-state index contributed by atoms with van der Waals surface area (Å²) in [7, 11) is 3.20. The van der Waals surface area contributed by atoms with Gasteiger partial charge in [0.05, 0.1) is 0 Å². The number of hydrogen-bond donors (Lipinski definition) is 2. The summed E-state index contributed by atoms with van der Waals surface area (Å²) >= 11 is 0. The minimum absolute atomic E-state index is 0. The lowest BCUT2D eigenvalue weighted by Crippen LogP contribution is -2.11. The second-order valence-electron chi connectivity index (χ2n) is 1.61. The van der Waals surface area contributed by atoms with Crippen LogP contribution >= 0.6 is 0 Å². The molecule has 0 fully saturated rings. The summed E-state index contributed by atoms with van der Waals surface area (Å²) in [6.07, 6.45) is 0. The van der Waals surface area contributed by atoms with Gasteiger partial charge in [-0.2, -0.15) is 0 Å². The third kappa shape index (κ3) is 62.7. The summed E-state index contributed by atoms with van der Waals surface area (Å²) in [6.45, 7) is 2.94. The van der Waals surface area contributed by atoms with Crippen LogP contribution < -0.4 is 10.6 Å². The fourth-order valence-electron chi connectivity index (χ4n) is 0. The molecule has 0 aliphatic heterocycles. The van der Waals surface area contributed by atoms with Crippen LogP contribution in [0.3, 0.4) is 0 Å². The van der Waals surface area contributed by atoms with E-state index in [1.807, 2.05) is 0 Å². The van der Waals surface area contributed by atoms with Crippen LogP contribution in [0.15, 0.2) is 0 Å². The number of amides is 2. The van der Waals surface area contributed by atoms with Gasteiger partial charge >= 0.3 is 0 Å². The molecule has 6 heteroatoms. The summed E-state index contributed by atoms with van der Waals surface area (Å²) < 4.78 is 0. The van der Waals surface area contributed by atoms with E-state index >= 15 is 0 Å². The summed E-state index contributed by atoms with van der Waals surface area (Å²) in [4.78, 5) is 19.4. The van der Waals surface area contributed by atoms with Gasteiger partial charge in [-0.15, -0.1) is 0 Å². The lowest BCUT2D eigenvalue weighted by molar-refractivity contribution is -0.119. The molecule has 0 bridgehead atoms. The summed E-state index contributed by atoms with van der Waals surface area (Å²) in [5, 5.41) is 4.78. The highest BCUT2D eigenvalue weighted by Gasteiger charge is 1.73. The van der Waals surface area contributed by atoms with Crippen LogP contribution in [0.25, 0.3) is 0 Å². The maximum absolute atomic E-state index is 9.70. The predicted molar refractivity (Wildman–Crippen MR) is 51.0 cm³/mol. The molecule has 0 atom stereocenters. The van der Waals surface area contributed by atoms with Crippen molar-refractivity contribution in [2.24, 2.45) is 0 Å². The minimum Gasteiger partial charge on any atom is -0.359 e. The van der Waals surface area contributed by atoms with Crippen molar-refractivity contribution < 1.29 is 9.59 Å². The lowest BCUT2D eigenvalue weighted by Gasteiger charge is -1.80. The molecule has 0 saturated carbocycles. The van der Waals surface area contributed by atoms with Crippen LogP contribution in [0.1, 0.15) is 13.8 Å². The van der Waals surface area contributed by atoms with Crippen LogP contribution in [0, 0.1) is 0 Å². The van der Waals surface area contributed by atoms with Gasteiger partial charge in [0, 0.05) is 44.8 Å². The number of nitrogens with one attached hydrogen (secondary N) is 2. The van der Waals surface area contributed by atoms with Crippen molar-refractivity contribution in [2.45, 2.75) is 13.8 Å². The molecule has 2 amide bonds. The Balaban J connectivity index is -0.0000000457. The molecule has 0 heterocycles. The second-order valence-corrected chi connectivity index (χ2v) is 1.61. The molecule has 4 nitrogen and oxygen atoms in total. The number of rotatable bonds is 0. The Kier molecular flexibility index (Phi) is 31.0. The van der Waals surface area contributed by atoms with Crippen LogP contribution in [-0.2, 0) is 9.59 Å². The van der Waals surface area contributed by atoms with Crippen LogP contribution in [0.2, 0.25) is 0 Å². The van der Waals surface area contributed by atoms with E-state index in [4.69, 9.17) is 0 Å². The van der Waals surface area contributed by atoms with Gasteiger partial charge < -0.3 is 10.6 Å². The summed E-state index contributed by atoms with van der Waals surface area (Å²) in [5.74, 6) is 0.00926. The molecule has 0 aliphatic carbocycles. The number of carbonyl (C=O) groups is 2. The van der Waals surface area contributed by atoms with E-state index in [0.717, 1.165) is 0 Å². The quantitative estimate of drug-likeness (QED) is 0.443. The number of hydrogen-bond acceptors (Lipinski definition) is 2. The van der Waals surface area contributed by atoms with Gasteiger partial charge in [0.25, 0.3) is 0 Å². The molecule has 0 saturated heterocycles. The molecule has 66 valence electrons. The largest absolute Gasteiger partial charge is 0.359 e. The van der Waals surface area contributed by atoms with E-state index < -0.39 is 0 Å². The predicted octanol–water partition coefficient (Wildman–Crippen LogP) is -1.26. The van der Waals surface area contributed by atoms with E-state index in [-0.39, 0.29) is 28.6 Å². The van der Waals surface area contributed by atoms with Gasteiger partial charge in [0.2, 0.25) is 11.8 Å². The van der Waals surface area contributed by atoms with Crippen LogP contribution in [0.4, 0.5) is 0 Å². The molecule has 12 heavy (non-hydrogen) atoms. The van der Waals surface area contributed by atoms with Gasteiger partial charge in [-0.05, 0) is 0 Å². The molecule has 0 aliphatic rings. The molecule has 0 aromatic heterocycles. The van der Waals surface area contributed by atoms with E-state index in [1.54, 1.807) is 14.1 Å². The zero-order valence-corrected chi connectivity index (χ0v) is 7.97. The van der Waals surface area contributed by atoms with E-state index in [2.05, 4.69) is 10.6 Å². The van der Waals surface area contributed by atoms with E-state index in [9.17, 15) is 9.59 Å². The zero-order valence-electron chi connectivity index (χ0n) is 7.97. The average Bonchev–Trinajstić information content (AvgIpc) is 1.89. The molecule has 0 spiro atoms. The second kappa shape index (κ2) is 16.6. The van der Waals surface area contributed by atoms with Gasteiger partial charge in [-0.1, -0.05) is 0 Å². The molecule has 0 aromatic rings. The Morgan fingerprint density at radius 3 is 0.917 bits per heavy atom. The monoisotopic (exact) mass is 168 g/mol. The molecule has 0 aromatic carbocycles. The maximum Gasteiger partial charge on any atom is 0.216 e. The Bertz CT molecular complexity index is 106. The van der Waals surface area contributed by atoms with Crippen molar-refractivity contribution in [1.29, 1.82) is 0 Å². The Morgan fingerprint density at radius 1 is 0.833 bits per heavy atom. The molecule has 0 unspecified atom stereocenters. The van der Waals surface area contributed by atoms with Crippen LogP contribution in [-0.4, -0.2) is 42.7 Å². The highest BCUT2D eigenvalue weighted by Crippen LogP contribution is 1.45. The summed E-state index contributed by atoms with van der Waals surface area (Å²) in [6, 6.07) is 0. The van der Waals surface area contributed by atoms with Crippen molar-refractivity contribution in [3.8, 4) is 0 Å². The Morgan fingerprint density at radius 2 is 0.917 bits per heavy atom. The third-order valence-corrected chi connectivity index (χ3v) is 0.704. The third-order valence-electron chi connectivity index (χ3n) is 0.704. The maximum atomic E-state index is 9.70. The van der Waals surface area contributed by atoms with Crippen molar-refractivity contribution >= 4 is 28.6 Å². The molecule has 0 rings (SSSR count). The molecule has 6 radical (unpaired) electrons. The van der Waals surface area contributed by atoms with Crippen molar-refractivity contribution in [1.82, 2.24) is 10.6 Å². The van der Waals surface area contributed by atoms with E-state index in [0.29, 0.717) is 0 Å². The molecular weight excluding hydrogens is 154 g/mol. The van der Waals surface area contributed by atoms with Gasteiger partial charge in [0.15, 0.2) is 0 Å². The van der Waals surface area contributed by atoms with Crippen LogP contribution in [0.5, 0.6) is 0 Å². The van der Waals surface area contributed by atoms with Gasteiger partial charge in [-0.3, -0.25) is 9.59 Å². The lowest BCUT2D eigenvalue weighted by atomic mass is 10.7. The standard InChI is InChI=1S/2C3H7NO.2B/c2*1-3(5)4-2;;/h2*1-2H3,(H,4,5);;. The smallest absolute Gasteiger partial charge is 0.216 e. The first-order chi connectivity index (χ1) is 4.54. The first-order valence-electron chi connectivity index (χ1n) is 2.91. The topological polar surface area (TPSA) is 58.2 Å². The van der Waals surface area contributed by atoms with Crippen molar-refractivity contribution in [3.05, 3.63) is 0 Å². The SMILES string of the molecule is CNC(C)=O.CNC(C)=O.[B].[B]. The zero-order chi connectivity index (χ0) is 8.57.